The molecule has 1 aliphatic rings. The van der Waals surface area contributed by atoms with Crippen LogP contribution in [0.1, 0.15) is 61.9 Å². The first-order valence-corrected chi connectivity index (χ1v) is 12.0. The van der Waals surface area contributed by atoms with Gasteiger partial charge >= 0.3 is 5.97 Å². The molecular formula is C26H33N5O2. The zero-order valence-electron chi connectivity index (χ0n) is 19.3. The topological polar surface area (TPSA) is 95.0 Å². The van der Waals surface area contributed by atoms with Crippen molar-refractivity contribution < 1.29 is 9.90 Å². The lowest BCUT2D eigenvalue weighted by molar-refractivity contribution is -0.142. The van der Waals surface area contributed by atoms with E-state index in [-0.39, 0.29) is 5.92 Å². The third kappa shape index (κ3) is 5.85. The van der Waals surface area contributed by atoms with E-state index in [1.807, 2.05) is 6.92 Å². The van der Waals surface area contributed by atoms with Gasteiger partial charge in [-0.25, -0.2) is 0 Å². The fraction of sp³-hybridized carbons (Fsp3) is 0.462. The zero-order valence-corrected chi connectivity index (χ0v) is 19.3. The van der Waals surface area contributed by atoms with Gasteiger partial charge in [0.05, 0.1) is 5.92 Å². The van der Waals surface area contributed by atoms with Crippen molar-refractivity contribution in [3.8, 4) is 11.1 Å². The van der Waals surface area contributed by atoms with E-state index in [0.717, 1.165) is 18.5 Å². The predicted octanol–water partition coefficient (Wildman–Crippen LogP) is 4.68. The monoisotopic (exact) mass is 447 g/mol. The number of nitrogens with zero attached hydrogens (tertiary/aromatic N) is 4. The quantitative estimate of drug-likeness (QED) is 0.469. The Balaban J connectivity index is 1.54. The smallest absolute Gasteiger partial charge is 0.307 e. The van der Waals surface area contributed by atoms with E-state index in [0.29, 0.717) is 18.7 Å². The van der Waals surface area contributed by atoms with Crippen LogP contribution < -0.4 is 0 Å². The highest BCUT2D eigenvalue weighted by molar-refractivity contribution is 5.71. The fourth-order valence-corrected chi connectivity index (χ4v) is 4.92. The van der Waals surface area contributed by atoms with Gasteiger partial charge in [0, 0.05) is 12.5 Å². The molecule has 2 heterocycles. The SMILES string of the molecule is CCC[C@H](C(=O)O)[C@H](Cc1ccc(-c2ccccc2CN2CCCCC2)cc1)c1nn[nH]n1. The average Bonchev–Trinajstić information content (AvgIpc) is 3.37. The fourth-order valence-electron chi connectivity index (χ4n) is 4.92. The van der Waals surface area contributed by atoms with Crippen molar-refractivity contribution in [3.63, 3.8) is 0 Å². The van der Waals surface area contributed by atoms with Crippen molar-refractivity contribution in [1.82, 2.24) is 25.5 Å². The number of hydrogen-bond acceptors (Lipinski definition) is 5. The number of tetrazole rings is 1. The molecule has 33 heavy (non-hydrogen) atoms. The third-order valence-corrected chi connectivity index (χ3v) is 6.68. The second-order valence-electron chi connectivity index (χ2n) is 9.00. The Kier molecular flexibility index (Phi) is 7.83. The second-order valence-corrected chi connectivity index (χ2v) is 9.00. The molecule has 2 aromatic carbocycles. The van der Waals surface area contributed by atoms with E-state index in [4.69, 9.17) is 0 Å². The van der Waals surface area contributed by atoms with Gasteiger partial charge in [-0.3, -0.25) is 9.69 Å². The van der Waals surface area contributed by atoms with E-state index >= 15 is 0 Å². The lowest BCUT2D eigenvalue weighted by Crippen LogP contribution is -2.29. The molecule has 7 heteroatoms. The number of carboxylic acid groups (broad SMARTS) is 1. The van der Waals surface area contributed by atoms with Crippen LogP contribution in [0.25, 0.3) is 11.1 Å². The molecule has 4 rings (SSSR count). The van der Waals surface area contributed by atoms with E-state index < -0.39 is 11.9 Å². The Bertz CT molecular complexity index is 1010. The van der Waals surface area contributed by atoms with E-state index in [1.54, 1.807) is 0 Å². The molecule has 2 atom stereocenters. The lowest BCUT2D eigenvalue weighted by atomic mass is 9.83. The number of piperidine rings is 1. The van der Waals surface area contributed by atoms with Crippen LogP contribution >= 0.6 is 0 Å². The van der Waals surface area contributed by atoms with Crippen LogP contribution in [-0.4, -0.2) is 49.7 Å². The standard InChI is InChI=1S/C26H33N5O2/c1-2-8-23(26(32)33)24(25-27-29-30-28-25)17-19-11-13-20(14-12-19)22-10-5-4-9-21(22)18-31-15-6-3-7-16-31/h4-5,9-14,23-24H,2-3,6-8,15-18H2,1H3,(H,32,33)(H,27,28,29,30)/t23-,24-/m0/s1. The summed E-state index contributed by atoms with van der Waals surface area (Å²) in [4.78, 5) is 14.5. The molecule has 0 unspecified atom stereocenters. The van der Waals surface area contributed by atoms with E-state index in [1.165, 1.54) is 49.0 Å². The lowest BCUT2D eigenvalue weighted by Gasteiger charge is -2.27. The minimum absolute atomic E-state index is 0.321. The normalized spacial score (nSPS) is 16.4. The van der Waals surface area contributed by atoms with Gasteiger partial charge in [0.15, 0.2) is 5.82 Å². The molecule has 1 aromatic heterocycles. The van der Waals surface area contributed by atoms with Crippen molar-refractivity contribution in [2.45, 2.75) is 57.9 Å². The molecule has 1 saturated heterocycles. The molecule has 0 spiro atoms. The Morgan fingerprint density at radius 1 is 1.09 bits per heavy atom. The molecule has 0 amide bonds. The third-order valence-electron chi connectivity index (χ3n) is 6.68. The summed E-state index contributed by atoms with van der Waals surface area (Å²) in [6.07, 6.45) is 5.84. The van der Waals surface area contributed by atoms with Crippen molar-refractivity contribution in [3.05, 3.63) is 65.5 Å². The molecular weight excluding hydrogens is 414 g/mol. The molecule has 0 radical (unpaired) electrons. The number of rotatable bonds is 10. The first-order chi connectivity index (χ1) is 16.2. The van der Waals surface area contributed by atoms with Gasteiger partial charge in [-0.15, -0.1) is 10.2 Å². The van der Waals surface area contributed by atoms with Crippen molar-refractivity contribution in [2.75, 3.05) is 13.1 Å². The summed E-state index contributed by atoms with van der Waals surface area (Å²) in [6, 6.07) is 17.1. The maximum absolute atomic E-state index is 12.0. The summed E-state index contributed by atoms with van der Waals surface area (Å²) >= 11 is 0. The second kappa shape index (κ2) is 11.2. The number of hydrogen-bond donors (Lipinski definition) is 2. The minimum Gasteiger partial charge on any atom is -0.481 e. The number of likely N-dealkylation sites (tertiary alicyclic amines) is 1. The van der Waals surface area contributed by atoms with Crippen molar-refractivity contribution in [1.29, 1.82) is 0 Å². The van der Waals surface area contributed by atoms with Gasteiger partial charge in [-0.1, -0.05) is 73.5 Å². The molecule has 0 bridgehead atoms. The largest absolute Gasteiger partial charge is 0.481 e. The molecule has 0 saturated carbocycles. The molecule has 174 valence electrons. The van der Waals surface area contributed by atoms with Gasteiger partial charge in [0.25, 0.3) is 0 Å². The molecule has 7 nitrogen and oxygen atoms in total. The van der Waals surface area contributed by atoms with Crippen LogP contribution in [0, 0.1) is 5.92 Å². The Hall–Kier alpha value is -3.06. The highest BCUT2D eigenvalue weighted by atomic mass is 16.4. The van der Waals surface area contributed by atoms with Gasteiger partial charge in [-0.05, 0) is 61.0 Å². The summed E-state index contributed by atoms with van der Waals surface area (Å²) in [5.41, 5.74) is 4.87. The molecule has 3 aromatic rings. The van der Waals surface area contributed by atoms with Crippen LogP contribution in [0.5, 0.6) is 0 Å². The number of benzene rings is 2. The maximum atomic E-state index is 12.0. The number of carboxylic acids is 1. The van der Waals surface area contributed by atoms with Gasteiger partial charge in [-0.2, -0.15) is 5.21 Å². The summed E-state index contributed by atoms with van der Waals surface area (Å²) in [5, 5.41) is 24.2. The number of H-pyrrole nitrogens is 1. The van der Waals surface area contributed by atoms with Crippen LogP contribution in [0.2, 0.25) is 0 Å². The van der Waals surface area contributed by atoms with Gasteiger partial charge in [0.2, 0.25) is 0 Å². The predicted molar refractivity (Wildman–Crippen MR) is 128 cm³/mol. The summed E-state index contributed by atoms with van der Waals surface area (Å²) < 4.78 is 0. The number of aromatic nitrogens is 4. The number of aliphatic carboxylic acids is 1. The first kappa shape index (κ1) is 23.1. The van der Waals surface area contributed by atoms with Crippen molar-refractivity contribution >= 4 is 5.97 Å². The van der Waals surface area contributed by atoms with E-state index in [9.17, 15) is 9.90 Å². The number of nitrogens with one attached hydrogen (secondary N) is 1. The zero-order chi connectivity index (χ0) is 23.0. The molecule has 0 aliphatic carbocycles. The maximum Gasteiger partial charge on any atom is 0.307 e. The number of aromatic amines is 1. The van der Waals surface area contributed by atoms with Crippen LogP contribution in [0.15, 0.2) is 48.5 Å². The summed E-state index contributed by atoms with van der Waals surface area (Å²) in [5.74, 6) is -1.21. The molecule has 1 aliphatic heterocycles. The molecule has 2 N–H and O–H groups in total. The highest BCUT2D eigenvalue weighted by Gasteiger charge is 2.32. The summed E-state index contributed by atoms with van der Waals surface area (Å²) in [7, 11) is 0. The first-order valence-electron chi connectivity index (χ1n) is 12.0. The molecule has 1 fully saturated rings. The van der Waals surface area contributed by atoms with Crippen LogP contribution in [0.4, 0.5) is 0 Å². The minimum atomic E-state index is -0.810. The van der Waals surface area contributed by atoms with Crippen LogP contribution in [0.3, 0.4) is 0 Å². The van der Waals surface area contributed by atoms with Gasteiger partial charge < -0.3 is 5.11 Å². The van der Waals surface area contributed by atoms with Gasteiger partial charge in [0.1, 0.15) is 0 Å². The summed E-state index contributed by atoms with van der Waals surface area (Å²) in [6.45, 7) is 5.33. The van der Waals surface area contributed by atoms with Crippen LogP contribution in [-0.2, 0) is 17.8 Å². The average molecular weight is 448 g/mol. The van der Waals surface area contributed by atoms with Crippen molar-refractivity contribution in [2.24, 2.45) is 5.92 Å². The Morgan fingerprint density at radius 2 is 1.85 bits per heavy atom. The number of carbonyl (C=O) groups is 1. The van der Waals surface area contributed by atoms with E-state index in [2.05, 4.69) is 74.1 Å². The highest BCUT2D eigenvalue weighted by Crippen LogP contribution is 2.31. The Morgan fingerprint density at radius 3 is 2.52 bits per heavy atom. The Labute approximate surface area is 195 Å².